The molecule has 0 aliphatic heterocycles. The van der Waals surface area contributed by atoms with Crippen molar-refractivity contribution in [1.82, 2.24) is 24.9 Å². The zero-order valence-electron chi connectivity index (χ0n) is 18.3. The van der Waals surface area contributed by atoms with E-state index in [9.17, 15) is 39.9 Å². The number of aromatic amines is 1. The zero-order chi connectivity index (χ0) is 26.3. The maximum atomic E-state index is 14.1. The van der Waals surface area contributed by atoms with Crippen LogP contribution in [0.5, 0.6) is 0 Å². The Bertz CT molecular complexity index is 1210. The monoisotopic (exact) mass is 524 g/mol. The van der Waals surface area contributed by atoms with E-state index in [1.807, 2.05) is 0 Å². The number of imidazole rings is 1. The summed E-state index contributed by atoms with van der Waals surface area (Å²) in [4.78, 5) is 16.0. The fourth-order valence-electron chi connectivity index (χ4n) is 4.63. The summed E-state index contributed by atoms with van der Waals surface area (Å²) in [6.45, 7) is 0. The molecule has 1 saturated carbocycles. The second-order valence-corrected chi connectivity index (χ2v) is 8.77. The van der Waals surface area contributed by atoms with Gasteiger partial charge in [-0.25, -0.2) is 13.8 Å². The molecule has 0 spiro atoms. The first-order valence-electron chi connectivity index (χ1n) is 10.7. The van der Waals surface area contributed by atoms with Gasteiger partial charge in [-0.3, -0.25) is 14.3 Å². The minimum atomic E-state index is -4.76. The average Bonchev–Trinajstić information content (AvgIpc) is 3.44. The third-order valence-electron chi connectivity index (χ3n) is 6.19. The van der Waals surface area contributed by atoms with E-state index >= 15 is 0 Å². The van der Waals surface area contributed by atoms with Crippen LogP contribution >= 0.6 is 0 Å². The molecule has 3 heterocycles. The van der Waals surface area contributed by atoms with Crippen molar-refractivity contribution >= 4 is 17.4 Å². The second kappa shape index (κ2) is 9.24. The molecule has 196 valence electrons. The molecule has 3 unspecified atom stereocenters. The van der Waals surface area contributed by atoms with Gasteiger partial charge in [0.1, 0.15) is 11.5 Å². The van der Waals surface area contributed by atoms with E-state index in [1.165, 1.54) is 18.2 Å². The molecular weight excluding hydrogens is 504 g/mol. The van der Waals surface area contributed by atoms with Gasteiger partial charge in [0.2, 0.25) is 6.43 Å². The molecule has 3 aromatic rings. The van der Waals surface area contributed by atoms with Crippen LogP contribution in [0.2, 0.25) is 0 Å². The van der Waals surface area contributed by atoms with Gasteiger partial charge in [-0.15, -0.1) is 0 Å². The maximum Gasteiger partial charge on any atom is 0.434 e. The Labute approximate surface area is 198 Å². The van der Waals surface area contributed by atoms with Crippen LogP contribution in [0.15, 0.2) is 36.8 Å². The van der Waals surface area contributed by atoms with Crippen molar-refractivity contribution in [1.29, 1.82) is 0 Å². The predicted octanol–water partition coefficient (Wildman–Crippen LogP) is 5.04. The Kier molecular flexibility index (Phi) is 6.60. The molecule has 3 atom stereocenters. The molecule has 1 aliphatic carbocycles. The second-order valence-electron chi connectivity index (χ2n) is 8.77. The minimum absolute atomic E-state index is 0.0249. The number of nitrogens with zero attached hydrogens (tertiary/aromatic N) is 3. The molecule has 3 aromatic heterocycles. The Morgan fingerprint density at radius 1 is 1.22 bits per heavy atom. The van der Waals surface area contributed by atoms with Gasteiger partial charge in [0.05, 0.1) is 18.2 Å². The molecule has 0 radical (unpaired) electrons. The number of amides is 1. The van der Waals surface area contributed by atoms with Gasteiger partial charge < -0.3 is 10.6 Å². The molecule has 0 aromatic carbocycles. The van der Waals surface area contributed by atoms with Crippen molar-refractivity contribution < 1.29 is 39.9 Å². The number of pyridine rings is 1. The fourth-order valence-corrected chi connectivity index (χ4v) is 4.63. The molecule has 36 heavy (non-hydrogen) atoms. The van der Waals surface area contributed by atoms with Crippen LogP contribution < -0.4 is 10.6 Å². The SMILES string of the molecule is O=C(NC1(CC(F)(F)F)CCC(Nc2cccc3nc(C(F)(F)F)cn23)C(C(F)F)C1)c1cn[nH]c1. The summed E-state index contributed by atoms with van der Waals surface area (Å²) >= 11 is 0. The highest BCUT2D eigenvalue weighted by molar-refractivity contribution is 5.94. The van der Waals surface area contributed by atoms with E-state index in [0.29, 0.717) is 6.20 Å². The lowest BCUT2D eigenvalue weighted by Gasteiger charge is -2.45. The number of fused-ring (bicyclic) bond motifs is 1. The summed E-state index contributed by atoms with van der Waals surface area (Å²) in [5.41, 5.74) is -3.33. The molecular formula is C21H20F8N6O. The Morgan fingerprint density at radius 3 is 2.58 bits per heavy atom. The summed E-state index contributed by atoms with van der Waals surface area (Å²) in [5, 5.41) is 11.0. The molecule has 1 fully saturated rings. The van der Waals surface area contributed by atoms with E-state index in [2.05, 4.69) is 25.8 Å². The molecule has 0 saturated heterocycles. The highest BCUT2D eigenvalue weighted by atomic mass is 19.4. The molecule has 0 bridgehead atoms. The van der Waals surface area contributed by atoms with E-state index in [0.717, 1.165) is 16.8 Å². The minimum Gasteiger partial charge on any atom is -0.368 e. The van der Waals surface area contributed by atoms with E-state index in [4.69, 9.17) is 0 Å². The molecule has 4 rings (SSSR count). The van der Waals surface area contributed by atoms with Crippen molar-refractivity contribution in [3.63, 3.8) is 0 Å². The number of anilines is 1. The topological polar surface area (TPSA) is 87.1 Å². The Hall–Kier alpha value is -3.39. The number of halogens is 8. The first-order valence-corrected chi connectivity index (χ1v) is 10.7. The Morgan fingerprint density at radius 2 is 1.97 bits per heavy atom. The fraction of sp³-hybridized carbons (Fsp3) is 0.476. The lowest BCUT2D eigenvalue weighted by molar-refractivity contribution is -0.156. The van der Waals surface area contributed by atoms with Crippen LogP contribution in [0.1, 0.15) is 41.7 Å². The Balaban J connectivity index is 1.61. The highest BCUT2D eigenvalue weighted by Gasteiger charge is 2.50. The van der Waals surface area contributed by atoms with Crippen LogP contribution in [0.25, 0.3) is 5.65 Å². The largest absolute Gasteiger partial charge is 0.434 e. The number of hydrogen-bond acceptors (Lipinski definition) is 4. The number of aromatic nitrogens is 4. The number of nitrogens with one attached hydrogen (secondary N) is 3. The van der Waals surface area contributed by atoms with Crippen molar-refractivity contribution in [2.24, 2.45) is 5.92 Å². The van der Waals surface area contributed by atoms with Gasteiger partial charge in [-0.05, 0) is 31.4 Å². The first kappa shape index (κ1) is 25.7. The normalized spacial score (nSPS) is 23.2. The van der Waals surface area contributed by atoms with Crippen LogP contribution in [-0.2, 0) is 6.18 Å². The number of H-pyrrole nitrogens is 1. The summed E-state index contributed by atoms with van der Waals surface area (Å²) < 4.78 is 109. The number of carbonyl (C=O) groups excluding carboxylic acids is 1. The summed E-state index contributed by atoms with van der Waals surface area (Å²) in [5.74, 6) is -2.51. The zero-order valence-corrected chi connectivity index (χ0v) is 18.3. The quantitative estimate of drug-likeness (QED) is 0.395. The van der Waals surface area contributed by atoms with Gasteiger partial charge in [-0.1, -0.05) is 6.07 Å². The molecule has 7 nitrogen and oxygen atoms in total. The third-order valence-corrected chi connectivity index (χ3v) is 6.19. The lowest BCUT2D eigenvalue weighted by atomic mass is 9.71. The van der Waals surface area contributed by atoms with Gasteiger partial charge in [-0.2, -0.15) is 31.4 Å². The highest BCUT2D eigenvalue weighted by Crippen LogP contribution is 2.43. The summed E-state index contributed by atoms with van der Waals surface area (Å²) in [6.07, 6.45) is -12.4. The van der Waals surface area contributed by atoms with E-state index < -0.39 is 60.7 Å². The van der Waals surface area contributed by atoms with Crippen molar-refractivity contribution in [2.75, 3.05) is 5.32 Å². The number of hydrogen-bond donors (Lipinski definition) is 3. The van der Waals surface area contributed by atoms with Gasteiger partial charge >= 0.3 is 12.4 Å². The summed E-state index contributed by atoms with van der Waals surface area (Å²) in [6, 6.07) is 2.95. The molecule has 15 heteroatoms. The summed E-state index contributed by atoms with van der Waals surface area (Å²) in [7, 11) is 0. The number of rotatable bonds is 6. The average molecular weight is 524 g/mol. The van der Waals surface area contributed by atoms with E-state index in [-0.39, 0.29) is 29.9 Å². The van der Waals surface area contributed by atoms with Crippen molar-refractivity contribution in [3.8, 4) is 0 Å². The van der Waals surface area contributed by atoms with Crippen LogP contribution in [-0.4, -0.2) is 49.7 Å². The van der Waals surface area contributed by atoms with Crippen LogP contribution in [0, 0.1) is 5.92 Å². The van der Waals surface area contributed by atoms with Crippen LogP contribution in [0.3, 0.4) is 0 Å². The lowest BCUT2D eigenvalue weighted by Crippen LogP contribution is -2.58. The molecule has 3 N–H and O–H groups in total. The van der Waals surface area contributed by atoms with Gasteiger partial charge in [0.25, 0.3) is 5.91 Å². The third kappa shape index (κ3) is 5.54. The smallest absolute Gasteiger partial charge is 0.368 e. The predicted molar refractivity (Wildman–Crippen MR) is 110 cm³/mol. The van der Waals surface area contributed by atoms with Crippen molar-refractivity contribution in [3.05, 3.63) is 48.0 Å². The molecule has 1 aliphatic rings. The van der Waals surface area contributed by atoms with Crippen LogP contribution in [0.4, 0.5) is 40.9 Å². The number of alkyl halides is 8. The maximum absolute atomic E-state index is 14.1. The van der Waals surface area contributed by atoms with Crippen molar-refractivity contribution in [2.45, 2.75) is 56.0 Å². The van der Waals surface area contributed by atoms with E-state index in [1.54, 1.807) is 0 Å². The standard InChI is InChI=1S/C21H20F8N6O/c22-17(23)12-6-19(10-20(24,25)26,34-18(36)11-7-30-31-8-11)5-4-13(12)32-15-2-1-3-16-33-14(9-35(15)16)21(27,28)29/h1-3,7-9,12-13,17,32H,4-6,10H2,(H,30,31)(H,34,36). The first-order chi connectivity index (χ1) is 16.8. The van der Waals surface area contributed by atoms with Gasteiger partial charge in [0, 0.05) is 29.9 Å². The number of carbonyl (C=O) groups is 1. The van der Waals surface area contributed by atoms with Gasteiger partial charge in [0.15, 0.2) is 5.69 Å². The molecule has 1 amide bonds.